The van der Waals surface area contributed by atoms with Crippen molar-refractivity contribution in [1.29, 1.82) is 0 Å². The molecule has 0 saturated carbocycles. The van der Waals surface area contributed by atoms with Gasteiger partial charge in [0.05, 0.1) is 25.8 Å². The molecule has 2 atom stereocenters. The van der Waals surface area contributed by atoms with E-state index in [0.29, 0.717) is 6.04 Å². The molecule has 2 unspecified atom stereocenters. The fourth-order valence-corrected chi connectivity index (χ4v) is 2.75. The van der Waals surface area contributed by atoms with Gasteiger partial charge in [-0.15, -0.1) is 0 Å². The Morgan fingerprint density at radius 2 is 2.00 bits per heavy atom. The van der Waals surface area contributed by atoms with Crippen LogP contribution in [0.25, 0.3) is 0 Å². The number of hydrogen-bond donors (Lipinski definition) is 0. The van der Waals surface area contributed by atoms with E-state index < -0.39 is 0 Å². The molecule has 0 amide bonds. The monoisotopic (exact) mass is 251 g/mol. The van der Waals surface area contributed by atoms with Gasteiger partial charge < -0.3 is 12.4 Å². The van der Waals surface area contributed by atoms with Crippen LogP contribution in [0.1, 0.15) is 24.8 Å². The summed E-state index contributed by atoms with van der Waals surface area (Å²) in [6.45, 7) is 5.27. The van der Waals surface area contributed by atoms with E-state index in [1.54, 1.807) is 0 Å². The largest absolute Gasteiger partial charge is 1.00 e. The highest BCUT2D eigenvalue weighted by Gasteiger charge is 2.33. The van der Waals surface area contributed by atoms with Crippen LogP contribution in [0.3, 0.4) is 0 Å². The van der Waals surface area contributed by atoms with Gasteiger partial charge in [-0.1, -0.05) is 30.3 Å². The molecule has 1 aliphatic heterocycles. The number of benzene rings is 1. The number of halogens is 1. The van der Waals surface area contributed by atoms with Crippen molar-refractivity contribution >= 4 is 0 Å². The van der Waals surface area contributed by atoms with Gasteiger partial charge in [0.2, 0.25) is 0 Å². The van der Waals surface area contributed by atoms with Gasteiger partial charge in [0, 0.05) is 12.8 Å². The van der Waals surface area contributed by atoms with Crippen molar-refractivity contribution in [3.05, 3.63) is 48.7 Å². The van der Waals surface area contributed by atoms with Gasteiger partial charge in [0.15, 0.2) is 0 Å². The molecular formula is C15H22ClN. The summed E-state index contributed by atoms with van der Waals surface area (Å²) in [4.78, 5) is 0. The maximum Gasteiger partial charge on any atom is 0.0970 e. The van der Waals surface area contributed by atoms with Crippen molar-refractivity contribution in [2.24, 2.45) is 0 Å². The van der Waals surface area contributed by atoms with Crippen LogP contribution in [0.5, 0.6) is 0 Å². The summed E-state index contributed by atoms with van der Waals surface area (Å²) >= 11 is 0. The van der Waals surface area contributed by atoms with Crippen LogP contribution in [-0.2, 0) is 6.42 Å². The molecular weight excluding hydrogens is 230 g/mol. The summed E-state index contributed by atoms with van der Waals surface area (Å²) in [5.41, 5.74) is 1.46. The first-order chi connectivity index (χ1) is 7.74. The van der Waals surface area contributed by atoms with E-state index in [9.17, 15) is 0 Å². The van der Waals surface area contributed by atoms with Gasteiger partial charge in [-0.25, -0.2) is 0 Å². The van der Waals surface area contributed by atoms with E-state index in [0.717, 1.165) is 4.48 Å². The summed E-state index contributed by atoms with van der Waals surface area (Å²) in [5.74, 6) is 0. The van der Waals surface area contributed by atoms with E-state index in [2.05, 4.69) is 50.2 Å². The first-order valence-electron chi connectivity index (χ1n) is 6.27. The molecule has 1 heterocycles. The quantitative estimate of drug-likeness (QED) is 0.682. The first-order valence-corrected chi connectivity index (χ1v) is 6.27. The minimum absolute atomic E-state index is 0. The van der Waals surface area contributed by atoms with Crippen LogP contribution in [0.4, 0.5) is 0 Å². The van der Waals surface area contributed by atoms with Crippen LogP contribution < -0.4 is 12.4 Å². The number of piperidine rings is 1. The maximum atomic E-state index is 4.02. The highest BCUT2D eigenvalue weighted by Crippen LogP contribution is 2.26. The number of rotatable bonds is 3. The summed E-state index contributed by atoms with van der Waals surface area (Å²) in [6.07, 6.45) is 7.36. The van der Waals surface area contributed by atoms with Gasteiger partial charge >= 0.3 is 0 Å². The summed E-state index contributed by atoms with van der Waals surface area (Å²) in [6, 6.07) is 11.6. The second-order valence-electron chi connectivity index (χ2n) is 5.09. The Hall–Kier alpha value is -0.790. The van der Waals surface area contributed by atoms with E-state index in [1.165, 1.54) is 37.8 Å². The zero-order valence-electron chi connectivity index (χ0n) is 10.6. The highest BCUT2D eigenvalue weighted by atomic mass is 35.5. The minimum atomic E-state index is 0. The van der Waals surface area contributed by atoms with Gasteiger partial charge in [0.25, 0.3) is 0 Å². The molecule has 17 heavy (non-hydrogen) atoms. The number of nitrogens with zero attached hydrogens (tertiary/aromatic N) is 1. The zero-order chi connectivity index (χ0) is 11.4. The minimum Gasteiger partial charge on any atom is -1.00 e. The molecule has 0 spiro atoms. The highest BCUT2D eigenvalue weighted by molar-refractivity contribution is 5.15. The van der Waals surface area contributed by atoms with E-state index >= 15 is 0 Å². The van der Waals surface area contributed by atoms with Crippen molar-refractivity contribution < 1.29 is 16.9 Å². The smallest absolute Gasteiger partial charge is 0.0970 e. The lowest BCUT2D eigenvalue weighted by Gasteiger charge is -2.41. The van der Waals surface area contributed by atoms with Gasteiger partial charge in [-0.2, -0.15) is 0 Å². The molecule has 1 fully saturated rings. The second-order valence-corrected chi connectivity index (χ2v) is 5.09. The fourth-order valence-electron chi connectivity index (χ4n) is 2.75. The van der Waals surface area contributed by atoms with Crippen LogP contribution in [0.2, 0.25) is 0 Å². The summed E-state index contributed by atoms with van der Waals surface area (Å²) < 4.78 is 1.04. The lowest BCUT2D eigenvalue weighted by molar-refractivity contribution is -0.890. The predicted octanol–water partition coefficient (Wildman–Crippen LogP) is 0.376. The Kier molecular flexibility index (Phi) is 5.23. The molecule has 94 valence electrons. The SMILES string of the molecule is C=C[N+]1(C)CCCCC1Cc1ccccc1.[Cl-]. The number of likely N-dealkylation sites (tertiary alicyclic amines) is 1. The molecule has 0 aromatic heterocycles. The van der Waals surface area contributed by atoms with Crippen molar-refractivity contribution in [1.82, 2.24) is 0 Å². The van der Waals surface area contributed by atoms with Crippen LogP contribution in [0, 0.1) is 0 Å². The third-order valence-electron chi connectivity index (χ3n) is 3.99. The van der Waals surface area contributed by atoms with Gasteiger partial charge in [-0.05, 0) is 25.0 Å². The van der Waals surface area contributed by atoms with E-state index in [4.69, 9.17) is 0 Å². The average Bonchev–Trinajstić information content (AvgIpc) is 2.34. The Balaban J connectivity index is 0.00000144. The Morgan fingerprint density at radius 1 is 1.29 bits per heavy atom. The molecule has 0 aliphatic carbocycles. The van der Waals surface area contributed by atoms with Crippen LogP contribution >= 0.6 is 0 Å². The standard InChI is InChI=1S/C15H22N.ClH/c1-3-16(2)12-8-7-11-15(16)13-14-9-5-4-6-10-14;/h3-6,9-10,15H,1,7-8,11-13H2,2H3;1H/q+1;/p-1. The van der Waals surface area contributed by atoms with Crippen LogP contribution in [0.15, 0.2) is 43.1 Å². The molecule has 0 radical (unpaired) electrons. The molecule has 1 aromatic carbocycles. The molecule has 2 heteroatoms. The zero-order valence-corrected chi connectivity index (χ0v) is 11.4. The van der Waals surface area contributed by atoms with Crippen molar-refractivity contribution in [2.75, 3.05) is 13.6 Å². The summed E-state index contributed by atoms with van der Waals surface area (Å²) in [5, 5.41) is 0. The molecule has 1 aliphatic rings. The number of hydrogen-bond acceptors (Lipinski definition) is 0. The molecule has 1 aromatic rings. The van der Waals surface area contributed by atoms with Crippen molar-refractivity contribution in [3.63, 3.8) is 0 Å². The van der Waals surface area contributed by atoms with Crippen molar-refractivity contribution in [3.8, 4) is 0 Å². The number of quaternary nitrogens is 1. The number of likely N-dealkylation sites (N-methyl/N-ethyl adjacent to an activating group) is 1. The summed E-state index contributed by atoms with van der Waals surface area (Å²) in [7, 11) is 2.32. The Bertz CT molecular complexity index is 349. The fraction of sp³-hybridized carbons (Fsp3) is 0.467. The van der Waals surface area contributed by atoms with Crippen LogP contribution in [-0.4, -0.2) is 24.1 Å². The van der Waals surface area contributed by atoms with E-state index in [1.807, 2.05) is 0 Å². The molecule has 2 rings (SSSR count). The first kappa shape index (κ1) is 14.3. The Labute approximate surface area is 111 Å². The molecule has 1 nitrogen and oxygen atoms in total. The lowest BCUT2D eigenvalue weighted by Crippen LogP contribution is -3.00. The Morgan fingerprint density at radius 3 is 2.65 bits per heavy atom. The third-order valence-corrected chi connectivity index (χ3v) is 3.99. The lowest BCUT2D eigenvalue weighted by atomic mass is 9.94. The maximum absolute atomic E-state index is 4.02. The predicted molar refractivity (Wildman–Crippen MR) is 69.0 cm³/mol. The second kappa shape index (κ2) is 6.23. The van der Waals surface area contributed by atoms with Gasteiger partial charge in [0.1, 0.15) is 0 Å². The molecule has 0 bridgehead atoms. The molecule has 1 saturated heterocycles. The normalized spacial score (nSPS) is 28.2. The molecule has 0 N–H and O–H groups in total. The van der Waals surface area contributed by atoms with Gasteiger partial charge in [-0.3, -0.25) is 4.48 Å². The average molecular weight is 252 g/mol. The van der Waals surface area contributed by atoms with E-state index in [-0.39, 0.29) is 12.4 Å². The topological polar surface area (TPSA) is 0 Å². The van der Waals surface area contributed by atoms with Crippen molar-refractivity contribution in [2.45, 2.75) is 31.7 Å². The third kappa shape index (κ3) is 3.34.